The summed E-state index contributed by atoms with van der Waals surface area (Å²) in [5.74, 6) is -1.06. The van der Waals surface area contributed by atoms with Crippen LogP contribution < -0.4 is 0 Å². The van der Waals surface area contributed by atoms with Crippen molar-refractivity contribution in [1.29, 1.82) is 0 Å². The summed E-state index contributed by atoms with van der Waals surface area (Å²) in [5.41, 5.74) is -1.29. The average molecular weight is 146 g/mol. The van der Waals surface area contributed by atoms with Crippen LogP contribution in [0.4, 0.5) is 0 Å². The van der Waals surface area contributed by atoms with Crippen LogP contribution in [0.3, 0.4) is 0 Å². The second kappa shape index (κ2) is 2.56. The third-order valence-electron chi connectivity index (χ3n) is 1.75. The van der Waals surface area contributed by atoms with E-state index in [2.05, 4.69) is 0 Å². The Morgan fingerprint density at radius 1 is 1.70 bits per heavy atom. The predicted molar refractivity (Wildman–Crippen MR) is 32.6 cm³/mol. The van der Waals surface area contributed by atoms with Gasteiger partial charge in [-0.3, -0.25) is 0 Å². The van der Waals surface area contributed by atoms with Crippen molar-refractivity contribution in [1.82, 2.24) is 0 Å². The van der Waals surface area contributed by atoms with Gasteiger partial charge < -0.3 is 14.9 Å². The molecule has 0 radical (unpaired) electrons. The lowest BCUT2D eigenvalue weighted by Gasteiger charge is -2.19. The highest BCUT2D eigenvalue weighted by atomic mass is 16.5. The Balaban J connectivity index is 2.67. The minimum atomic E-state index is -1.29. The van der Waals surface area contributed by atoms with Gasteiger partial charge in [-0.05, 0) is 12.8 Å². The molecule has 2 N–H and O–H groups in total. The van der Waals surface area contributed by atoms with Crippen molar-refractivity contribution in [3.8, 4) is 0 Å². The molecule has 0 amide bonds. The summed E-state index contributed by atoms with van der Waals surface area (Å²) in [6, 6.07) is 0. The molecule has 0 aliphatic carbocycles. The zero-order valence-corrected chi connectivity index (χ0v) is 5.54. The summed E-state index contributed by atoms with van der Waals surface area (Å²) in [6.07, 6.45) is 1.13. The second-order valence-electron chi connectivity index (χ2n) is 2.41. The van der Waals surface area contributed by atoms with E-state index < -0.39 is 18.2 Å². The summed E-state index contributed by atoms with van der Waals surface area (Å²) in [5, 5.41) is 17.3. The first-order valence-electron chi connectivity index (χ1n) is 3.19. The molecular formula is C6H10O4. The van der Waals surface area contributed by atoms with Gasteiger partial charge in [0.05, 0.1) is 6.61 Å². The fraction of sp³-hybridized carbons (Fsp3) is 0.833. The Kier molecular flexibility index (Phi) is 1.92. The van der Waals surface area contributed by atoms with E-state index in [9.17, 15) is 4.79 Å². The first-order chi connectivity index (χ1) is 4.71. The SMILES string of the molecule is O=C(O)[C@@]1(CO)CCCO1. The topological polar surface area (TPSA) is 66.8 Å². The third kappa shape index (κ3) is 0.998. The highest BCUT2D eigenvalue weighted by Crippen LogP contribution is 2.24. The van der Waals surface area contributed by atoms with Gasteiger partial charge in [-0.25, -0.2) is 4.79 Å². The molecule has 1 fully saturated rings. The van der Waals surface area contributed by atoms with E-state index in [1.54, 1.807) is 0 Å². The van der Waals surface area contributed by atoms with Gasteiger partial charge in [0.1, 0.15) is 0 Å². The third-order valence-corrected chi connectivity index (χ3v) is 1.75. The first kappa shape index (κ1) is 7.50. The van der Waals surface area contributed by atoms with E-state index in [-0.39, 0.29) is 0 Å². The number of rotatable bonds is 2. The van der Waals surface area contributed by atoms with Crippen LogP contribution in [0.2, 0.25) is 0 Å². The molecule has 10 heavy (non-hydrogen) atoms. The number of aliphatic carboxylic acids is 1. The van der Waals surface area contributed by atoms with Crippen molar-refractivity contribution in [3.05, 3.63) is 0 Å². The first-order valence-corrected chi connectivity index (χ1v) is 3.19. The number of carbonyl (C=O) groups is 1. The van der Waals surface area contributed by atoms with Gasteiger partial charge in [-0.1, -0.05) is 0 Å². The van der Waals surface area contributed by atoms with Crippen LogP contribution in [0, 0.1) is 0 Å². The minimum Gasteiger partial charge on any atom is -0.479 e. The van der Waals surface area contributed by atoms with Crippen molar-refractivity contribution in [3.63, 3.8) is 0 Å². The van der Waals surface area contributed by atoms with E-state index in [0.29, 0.717) is 19.4 Å². The summed E-state index contributed by atoms with van der Waals surface area (Å²) in [7, 11) is 0. The number of carboxylic acid groups (broad SMARTS) is 1. The fourth-order valence-electron chi connectivity index (χ4n) is 1.06. The second-order valence-corrected chi connectivity index (χ2v) is 2.41. The number of carboxylic acids is 1. The Morgan fingerprint density at radius 2 is 2.40 bits per heavy atom. The maximum absolute atomic E-state index is 10.5. The van der Waals surface area contributed by atoms with Gasteiger partial charge in [0, 0.05) is 6.61 Å². The number of aliphatic hydroxyl groups is 1. The summed E-state index contributed by atoms with van der Waals surface area (Å²) in [6.45, 7) is 0.00912. The molecule has 1 heterocycles. The van der Waals surface area contributed by atoms with Crippen LogP contribution in [0.5, 0.6) is 0 Å². The molecule has 4 heteroatoms. The molecule has 4 nitrogen and oxygen atoms in total. The summed E-state index contributed by atoms with van der Waals surface area (Å²) < 4.78 is 4.90. The Bertz CT molecular complexity index is 137. The van der Waals surface area contributed by atoms with Gasteiger partial charge >= 0.3 is 5.97 Å². The summed E-state index contributed by atoms with van der Waals surface area (Å²) >= 11 is 0. The molecule has 0 aromatic rings. The van der Waals surface area contributed by atoms with E-state index in [4.69, 9.17) is 14.9 Å². The maximum atomic E-state index is 10.5. The van der Waals surface area contributed by atoms with E-state index in [0.717, 1.165) is 0 Å². The van der Waals surface area contributed by atoms with E-state index in [1.807, 2.05) is 0 Å². The molecule has 1 rings (SSSR count). The molecule has 0 bridgehead atoms. The molecule has 0 unspecified atom stereocenters. The molecule has 1 saturated heterocycles. The monoisotopic (exact) mass is 146 g/mol. The lowest BCUT2D eigenvalue weighted by molar-refractivity contribution is -0.164. The van der Waals surface area contributed by atoms with Crippen molar-refractivity contribution >= 4 is 5.97 Å². The Labute approximate surface area is 58.4 Å². The highest BCUT2D eigenvalue weighted by molar-refractivity contribution is 5.77. The number of ether oxygens (including phenoxy) is 1. The van der Waals surface area contributed by atoms with E-state index in [1.165, 1.54) is 0 Å². The normalized spacial score (nSPS) is 32.5. The Morgan fingerprint density at radius 3 is 2.60 bits per heavy atom. The summed E-state index contributed by atoms with van der Waals surface area (Å²) in [4.78, 5) is 10.5. The van der Waals surface area contributed by atoms with Crippen molar-refractivity contribution < 1.29 is 19.7 Å². The van der Waals surface area contributed by atoms with Gasteiger partial charge in [-0.2, -0.15) is 0 Å². The van der Waals surface area contributed by atoms with Crippen LogP contribution in [-0.4, -0.2) is 35.0 Å². The standard InChI is InChI=1S/C6H10O4/c7-4-6(5(8)9)2-1-3-10-6/h7H,1-4H2,(H,8,9)/t6-/m0/s1. The fourth-order valence-corrected chi connectivity index (χ4v) is 1.06. The van der Waals surface area contributed by atoms with Crippen LogP contribution >= 0.6 is 0 Å². The zero-order chi connectivity index (χ0) is 7.61. The van der Waals surface area contributed by atoms with Crippen molar-refractivity contribution in [2.45, 2.75) is 18.4 Å². The van der Waals surface area contributed by atoms with Gasteiger partial charge in [0.25, 0.3) is 0 Å². The van der Waals surface area contributed by atoms with Crippen LogP contribution in [0.25, 0.3) is 0 Å². The zero-order valence-electron chi connectivity index (χ0n) is 5.54. The minimum absolute atomic E-state index is 0.416. The maximum Gasteiger partial charge on any atom is 0.338 e. The molecule has 0 saturated carbocycles. The molecule has 58 valence electrons. The lowest BCUT2D eigenvalue weighted by atomic mass is 10.0. The van der Waals surface area contributed by atoms with Crippen molar-refractivity contribution in [2.75, 3.05) is 13.2 Å². The molecule has 1 aliphatic heterocycles. The molecule has 1 aliphatic rings. The molecule has 0 aromatic heterocycles. The highest BCUT2D eigenvalue weighted by Gasteiger charge is 2.42. The molecular weight excluding hydrogens is 136 g/mol. The number of hydrogen-bond acceptors (Lipinski definition) is 3. The predicted octanol–water partition coefficient (Wildman–Crippen LogP) is -0.388. The molecule has 0 aromatic carbocycles. The van der Waals surface area contributed by atoms with Crippen molar-refractivity contribution in [2.24, 2.45) is 0 Å². The largest absolute Gasteiger partial charge is 0.479 e. The Hall–Kier alpha value is -0.610. The van der Waals surface area contributed by atoms with Crippen LogP contribution in [0.1, 0.15) is 12.8 Å². The van der Waals surface area contributed by atoms with Crippen LogP contribution in [-0.2, 0) is 9.53 Å². The number of aliphatic hydroxyl groups excluding tert-OH is 1. The average Bonchev–Trinajstić information content (AvgIpc) is 2.35. The molecule has 1 atom stereocenters. The lowest BCUT2D eigenvalue weighted by Crippen LogP contribution is -2.41. The van der Waals surface area contributed by atoms with Gasteiger partial charge in [0.15, 0.2) is 5.60 Å². The van der Waals surface area contributed by atoms with E-state index >= 15 is 0 Å². The van der Waals surface area contributed by atoms with Gasteiger partial charge in [-0.15, -0.1) is 0 Å². The smallest absolute Gasteiger partial charge is 0.338 e. The van der Waals surface area contributed by atoms with Crippen LogP contribution in [0.15, 0.2) is 0 Å². The quantitative estimate of drug-likeness (QED) is 0.557. The number of hydrogen-bond donors (Lipinski definition) is 2. The van der Waals surface area contributed by atoms with Gasteiger partial charge in [0.2, 0.25) is 0 Å². The molecule has 0 spiro atoms.